The van der Waals surface area contributed by atoms with Crippen LogP contribution in [0.15, 0.2) is 17.2 Å². The van der Waals surface area contributed by atoms with Crippen molar-refractivity contribution in [2.24, 2.45) is 0 Å². The van der Waals surface area contributed by atoms with Gasteiger partial charge in [0, 0.05) is 29.7 Å². The molecule has 0 spiro atoms. The molecule has 82 valence electrons. The van der Waals surface area contributed by atoms with E-state index >= 15 is 0 Å². The number of rotatable bonds is 1. The Hall–Kier alpha value is -0.970. The van der Waals surface area contributed by atoms with E-state index in [0.717, 1.165) is 18.9 Å². The van der Waals surface area contributed by atoms with Gasteiger partial charge in [-0.2, -0.15) is 11.8 Å². The van der Waals surface area contributed by atoms with Crippen LogP contribution in [-0.4, -0.2) is 33.6 Å². The maximum atomic E-state index is 11.2. The smallest absolute Gasteiger partial charge is 0.252 e. The number of nitrogens with one attached hydrogen (secondary N) is 1. The van der Waals surface area contributed by atoms with Crippen molar-refractivity contribution in [1.29, 1.82) is 0 Å². The molecule has 2 rings (SSSR count). The Labute approximate surface area is 93.1 Å². The molecule has 15 heavy (non-hydrogen) atoms. The number of thioether (sulfide) groups is 1. The molecule has 1 aromatic rings. The fourth-order valence-electron chi connectivity index (χ4n) is 1.90. The van der Waals surface area contributed by atoms with E-state index in [9.17, 15) is 4.79 Å². The first-order valence-corrected chi connectivity index (χ1v) is 6.04. The van der Waals surface area contributed by atoms with Crippen LogP contribution in [0.2, 0.25) is 0 Å². The number of aromatic nitrogens is 2. The highest BCUT2D eigenvalue weighted by atomic mass is 32.2. The third kappa shape index (κ3) is 2.53. The quantitative estimate of drug-likeness (QED) is 0.777. The summed E-state index contributed by atoms with van der Waals surface area (Å²) in [6.45, 7) is 6.35. The van der Waals surface area contributed by atoms with E-state index in [1.165, 1.54) is 6.33 Å². The van der Waals surface area contributed by atoms with E-state index in [2.05, 4.69) is 28.7 Å². The molecule has 0 radical (unpaired) electrons. The van der Waals surface area contributed by atoms with Crippen LogP contribution < -0.4 is 10.5 Å². The fraction of sp³-hybridized carbons (Fsp3) is 0.600. The minimum absolute atomic E-state index is 0.0847. The molecule has 2 unspecified atom stereocenters. The van der Waals surface area contributed by atoms with Gasteiger partial charge >= 0.3 is 0 Å². The lowest BCUT2D eigenvalue weighted by Crippen LogP contribution is -2.41. The Morgan fingerprint density at radius 2 is 2.13 bits per heavy atom. The van der Waals surface area contributed by atoms with Crippen molar-refractivity contribution < 1.29 is 0 Å². The van der Waals surface area contributed by atoms with Crippen LogP contribution in [-0.2, 0) is 0 Å². The predicted molar refractivity (Wildman–Crippen MR) is 63.6 cm³/mol. The van der Waals surface area contributed by atoms with E-state index in [1.807, 2.05) is 11.8 Å². The molecule has 1 aliphatic rings. The molecule has 5 heteroatoms. The molecule has 1 fully saturated rings. The zero-order valence-electron chi connectivity index (χ0n) is 8.93. The highest BCUT2D eigenvalue weighted by Gasteiger charge is 2.23. The maximum absolute atomic E-state index is 11.2. The van der Waals surface area contributed by atoms with Crippen LogP contribution in [0.5, 0.6) is 0 Å². The summed E-state index contributed by atoms with van der Waals surface area (Å²) in [4.78, 5) is 20.1. The summed E-state index contributed by atoms with van der Waals surface area (Å²) in [7, 11) is 0. The first kappa shape index (κ1) is 10.5. The van der Waals surface area contributed by atoms with Crippen molar-refractivity contribution in [3.63, 3.8) is 0 Å². The van der Waals surface area contributed by atoms with Crippen molar-refractivity contribution >= 4 is 17.6 Å². The van der Waals surface area contributed by atoms with Gasteiger partial charge in [0.25, 0.3) is 5.56 Å². The summed E-state index contributed by atoms with van der Waals surface area (Å²) < 4.78 is 0. The lowest BCUT2D eigenvalue weighted by molar-refractivity contribution is 0.716. The van der Waals surface area contributed by atoms with E-state index < -0.39 is 0 Å². The normalized spacial score (nSPS) is 26.7. The third-order valence-electron chi connectivity index (χ3n) is 2.41. The van der Waals surface area contributed by atoms with Gasteiger partial charge in [0.2, 0.25) is 0 Å². The topological polar surface area (TPSA) is 49.0 Å². The Morgan fingerprint density at radius 1 is 1.47 bits per heavy atom. The molecule has 2 heterocycles. The second-order valence-electron chi connectivity index (χ2n) is 3.93. The van der Waals surface area contributed by atoms with Gasteiger partial charge in [-0.25, -0.2) is 4.98 Å². The van der Waals surface area contributed by atoms with E-state index in [0.29, 0.717) is 10.5 Å². The van der Waals surface area contributed by atoms with Crippen molar-refractivity contribution in [2.75, 3.05) is 18.0 Å². The summed E-state index contributed by atoms with van der Waals surface area (Å²) >= 11 is 1.99. The summed E-state index contributed by atoms with van der Waals surface area (Å²) in [6, 6.07) is 1.56. The van der Waals surface area contributed by atoms with Crippen molar-refractivity contribution in [2.45, 2.75) is 24.3 Å². The molecule has 0 saturated carbocycles. The molecular formula is C10H15N3OS. The Kier molecular flexibility index (Phi) is 3.00. The van der Waals surface area contributed by atoms with E-state index in [1.54, 1.807) is 6.07 Å². The molecule has 1 saturated heterocycles. The summed E-state index contributed by atoms with van der Waals surface area (Å²) in [5.41, 5.74) is -0.0847. The molecule has 1 aromatic heterocycles. The molecule has 0 aromatic carbocycles. The number of H-pyrrole nitrogens is 1. The molecule has 2 atom stereocenters. The van der Waals surface area contributed by atoms with Gasteiger partial charge < -0.3 is 9.88 Å². The first-order chi connectivity index (χ1) is 7.15. The lowest BCUT2D eigenvalue weighted by atomic mass is 10.3. The number of hydrogen-bond donors (Lipinski definition) is 1. The maximum Gasteiger partial charge on any atom is 0.252 e. The van der Waals surface area contributed by atoms with E-state index in [4.69, 9.17) is 0 Å². The lowest BCUT2D eigenvalue weighted by Gasteiger charge is -2.35. The van der Waals surface area contributed by atoms with Crippen molar-refractivity contribution in [3.05, 3.63) is 22.7 Å². The van der Waals surface area contributed by atoms with Crippen LogP contribution in [0.25, 0.3) is 0 Å². The zero-order chi connectivity index (χ0) is 10.8. The highest BCUT2D eigenvalue weighted by Crippen LogP contribution is 2.26. The van der Waals surface area contributed by atoms with Gasteiger partial charge in [0.15, 0.2) is 0 Å². The average molecular weight is 225 g/mol. The average Bonchev–Trinajstić information content (AvgIpc) is 2.16. The fourth-order valence-corrected chi connectivity index (χ4v) is 3.22. The number of aromatic amines is 1. The number of nitrogens with zero attached hydrogens (tertiary/aromatic N) is 2. The van der Waals surface area contributed by atoms with Gasteiger partial charge in [-0.3, -0.25) is 4.79 Å². The molecule has 0 aliphatic carbocycles. The summed E-state index contributed by atoms with van der Waals surface area (Å²) in [5, 5.41) is 1.18. The van der Waals surface area contributed by atoms with Gasteiger partial charge in [0.05, 0.1) is 6.33 Å². The second-order valence-corrected chi connectivity index (χ2v) is 5.81. The standard InChI is InChI=1S/C10H15N3OS/c1-7-4-13(5-8(2)15-7)9-3-10(14)12-6-11-9/h3,6-8H,4-5H2,1-2H3,(H,11,12,14). The van der Waals surface area contributed by atoms with Crippen molar-refractivity contribution in [1.82, 2.24) is 9.97 Å². The monoisotopic (exact) mass is 225 g/mol. The third-order valence-corrected chi connectivity index (χ3v) is 3.63. The van der Waals surface area contributed by atoms with Gasteiger partial charge in [-0.05, 0) is 0 Å². The zero-order valence-corrected chi connectivity index (χ0v) is 9.75. The molecule has 1 N–H and O–H groups in total. The largest absolute Gasteiger partial charge is 0.354 e. The van der Waals surface area contributed by atoms with Crippen LogP contribution in [0.4, 0.5) is 5.82 Å². The van der Waals surface area contributed by atoms with Crippen molar-refractivity contribution in [3.8, 4) is 0 Å². The Morgan fingerprint density at radius 3 is 2.73 bits per heavy atom. The van der Waals surface area contributed by atoms with E-state index in [-0.39, 0.29) is 5.56 Å². The minimum Gasteiger partial charge on any atom is -0.354 e. The van der Waals surface area contributed by atoms with Gasteiger partial charge in [-0.15, -0.1) is 0 Å². The van der Waals surface area contributed by atoms with Crippen LogP contribution >= 0.6 is 11.8 Å². The van der Waals surface area contributed by atoms with Crippen LogP contribution in [0.3, 0.4) is 0 Å². The molecular weight excluding hydrogens is 210 g/mol. The van der Waals surface area contributed by atoms with Crippen LogP contribution in [0, 0.1) is 0 Å². The molecule has 0 bridgehead atoms. The molecule has 1 aliphatic heterocycles. The van der Waals surface area contributed by atoms with Gasteiger partial charge in [0.1, 0.15) is 5.82 Å². The Balaban J connectivity index is 2.19. The minimum atomic E-state index is -0.0847. The second kappa shape index (κ2) is 4.26. The summed E-state index contributed by atoms with van der Waals surface area (Å²) in [6.07, 6.45) is 1.47. The number of anilines is 1. The first-order valence-electron chi connectivity index (χ1n) is 5.10. The molecule has 0 amide bonds. The highest BCUT2D eigenvalue weighted by molar-refractivity contribution is 8.00. The van der Waals surface area contributed by atoms with Crippen LogP contribution in [0.1, 0.15) is 13.8 Å². The summed E-state index contributed by atoms with van der Waals surface area (Å²) in [5.74, 6) is 0.790. The SMILES string of the molecule is CC1CN(c2cc(=O)[nH]cn2)CC(C)S1. The molecule has 4 nitrogen and oxygen atoms in total. The predicted octanol–water partition coefficient (Wildman–Crippen LogP) is 1.10. The Bertz CT molecular complexity index is 382. The number of hydrogen-bond acceptors (Lipinski definition) is 4. The van der Waals surface area contributed by atoms with Gasteiger partial charge in [-0.1, -0.05) is 13.8 Å².